The Bertz CT molecular complexity index is 396. The van der Waals surface area contributed by atoms with Crippen molar-refractivity contribution in [3.63, 3.8) is 0 Å². The molecule has 1 heterocycles. The Balaban J connectivity index is 2.11. The van der Waals surface area contributed by atoms with Gasteiger partial charge >= 0.3 is 0 Å². The number of nitrogens with one attached hydrogen (secondary N) is 1. The van der Waals surface area contributed by atoms with Crippen LogP contribution >= 0.6 is 0 Å². The maximum absolute atomic E-state index is 5.78. The highest BCUT2D eigenvalue weighted by atomic mass is 16.5. The Morgan fingerprint density at radius 2 is 2.21 bits per heavy atom. The van der Waals surface area contributed by atoms with Gasteiger partial charge in [-0.2, -0.15) is 0 Å². The summed E-state index contributed by atoms with van der Waals surface area (Å²) in [6.07, 6.45) is 9.77. The summed E-state index contributed by atoms with van der Waals surface area (Å²) in [6.45, 7) is 5.34. The van der Waals surface area contributed by atoms with E-state index in [-0.39, 0.29) is 5.60 Å². The normalized spacial score (nSPS) is 18.9. The van der Waals surface area contributed by atoms with Gasteiger partial charge < -0.3 is 10.1 Å². The number of rotatable bonds is 7. The van der Waals surface area contributed by atoms with Crippen LogP contribution in [0.5, 0.6) is 0 Å². The van der Waals surface area contributed by atoms with E-state index in [4.69, 9.17) is 4.74 Å². The minimum absolute atomic E-state index is 0.0924. The van der Waals surface area contributed by atoms with Gasteiger partial charge in [-0.25, -0.2) is 0 Å². The van der Waals surface area contributed by atoms with E-state index < -0.39 is 0 Å². The molecule has 106 valence electrons. The number of hydrogen-bond donors (Lipinski definition) is 1. The molecule has 1 unspecified atom stereocenters. The SMILES string of the molecule is CCCNC(CC1(OC)CCC1)c1cncc(C)c1. The van der Waals surface area contributed by atoms with E-state index in [0.29, 0.717) is 6.04 Å². The lowest BCUT2D eigenvalue weighted by Crippen LogP contribution is -2.43. The largest absolute Gasteiger partial charge is 0.378 e. The van der Waals surface area contributed by atoms with Crippen molar-refractivity contribution < 1.29 is 4.74 Å². The van der Waals surface area contributed by atoms with Crippen molar-refractivity contribution in [3.8, 4) is 0 Å². The summed E-state index contributed by atoms with van der Waals surface area (Å²) in [5, 5.41) is 3.65. The fraction of sp³-hybridized carbons (Fsp3) is 0.688. The molecule has 3 heteroatoms. The van der Waals surface area contributed by atoms with E-state index in [1.165, 1.54) is 30.4 Å². The van der Waals surface area contributed by atoms with E-state index in [1.54, 1.807) is 0 Å². The van der Waals surface area contributed by atoms with Gasteiger partial charge in [-0.3, -0.25) is 4.98 Å². The Hall–Kier alpha value is -0.930. The predicted octanol–water partition coefficient (Wildman–Crippen LogP) is 3.39. The number of aryl methyl sites for hydroxylation is 1. The maximum Gasteiger partial charge on any atom is 0.0697 e. The smallest absolute Gasteiger partial charge is 0.0697 e. The molecule has 1 aromatic rings. The second kappa shape index (κ2) is 6.49. The van der Waals surface area contributed by atoms with Crippen LogP contribution in [0.25, 0.3) is 0 Å². The Labute approximate surface area is 116 Å². The fourth-order valence-electron chi connectivity index (χ4n) is 2.83. The lowest BCUT2D eigenvalue weighted by Gasteiger charge is -2.43. The molecule has 1 saturated carbocycles. The Morgan fingerprint density at radius 3 is 2.74 bits per heavy atom. The van der Waals surface area contributed by atoms with Gasteiger partial charge in [0, 0.05) is 25.5 Å². The van der Waals surface area contributed by atoms with Gasteiger partial charge in [0.1, 0.15) is 0 Å². The number of nitrogens with zero attached hydrogens (tertiary/aromatic N) is 1. The first-order valence-electron chi connectivity index (χ1n) is 7.39. The third-order valence-corrected chi connectivity index (χ3v) is 4.21. The third kappa shape index (κ3) is 3.54. The summed E-state index contributed by atoms with van der Waals surface area (Å²) >= 11 is 0. The first kappa shape index (κ1) is 14.5. The van der Waals surface area contributed by atoms with Crippen LogP contribution in [0.3, 0.4) is 0 Å². The fourth-order valence-corrected chi connectivity index (χ4v) is 2.83. The first-order chi connectivity index (χ1) is 9.19. The van der Waals surface area contributed by atoms with E-state index in [1.807, 2.05) is 19.5 Å². The zero-order chi connectivity index (χ0) is 13.7. The van der Waals surface area contributed by atoms with Crippen LogP contribution in [0.2, 0.25) is 0 Å². The average Bonchev–Trinajstić information content (AvgIpc) is 2.37. The van der Waals surface area contributed by atoms with Crippen molar-refractivity contribution in [1.29, 1.82) is 0 Å². The standard InChI is InChI=1S/C16H26N2O/c1-4-8-18-15(10-16(19-3)6-5-7-16)14-9-13(2)11-17-12-14/h9,11-12,15,18H,4-8,10H2,1-3H3. The highest BCUT2D eigenvalue weighted by molar-refractivity contribution is 5.21. The van der Waals surface area contributed by atoms with Crippen molar-refractivity contribution in [3.05, 3.63) is 29.6 Å². The molecule has 1 atom stereocenters. The highest BCUT2D eigenvalue weighted by Gasteiger charge is 2.39. The van der Waals surface area contributed by atoms with Gasteiger partial charge in [0.25, 0.3) is 0 Å². The minimum atomic E-state index is 0.0924. The van der Waals surface area contributed by atoms with Gasteiger partial charge in [0.05, 0.1) is 5.60 Å². The Kier molecular flexibility index (Phi) is 4.94. The summed E-state index contributed by atoms with van der Waals surface area (Å²) in [4.78, 5) is 4.33. The summed E-state index contributed by atoms with van der Waals surface area (Å²) < 4.78 is 5.78. The maximum atomic E-state index is 5.78. The topological polar surface area (TPSA) is 34.1 Å². The van der Waals surface area contributed by atoms with Crippen LogP contribution in [0.4, 0.5) is 0 Å². The van der Waals surface area contributed by atoms with Gasteiger partial charge in [0.15, 0.2) is 0 Å². The lowest BCUT2D eigenvalue weighted by molar-refractivity contribution is -0.0838. The van der Waals surface area contributed by atoms with Gasteiger partial charge in [-0.05, 0) is 56.7 Å². The number of methoxy groups -OCH3 is 1. The molecular weight excluding hydrogens is 236 g/mol. The molecule has 0 amide bonds. The number of hydrogen-bond acceptors (Lipinski definition) is 3. The minimum Gasteiger partial charge on any atom is -0.378 e. The molecule has 1 N–H and O–H groups in total. The zero-order valence-corrected chi connectivity index (χ0v) is 12.4. The van der Waals surface area contributed by atoms with Gasteiger partial charge in [0.2, 0.25) is 0 Å². The highest BCUT2D eigenvalue weighted by Crippen LogP contribution is 2.41. The van der Waals surface area contributed by atoms with Gasteiger partial charge in [-0.15, -0.1) is 0 Å². The van der Waals surface area contributed by atoms with E-state index in [2.05, 4.69) is 30.2 Å². The molecular formula is C16H26N2O. The lowest BCUT2D eigenvalue weighted by atomic mass is 9.74. The molecule has 0 spiro atoms. The number of ether oxygens (including phenoxy) is 1. The first-order valence-corrected chi connectivity index (χ1v) is 7.39. The van der Waals surface area contributed by atoms with Crippen molar-refractivity contribution in [1.82, 2.24) is 10.3 Å². The molecule has 1 aromatic heterocycles. The summed E-state index contributed by atoms with van der Waals surface area (Å²) in [7, 11) is 1.85. The monoisotopic (exact) mass is 262 g/mol. The molecule has 0 aliphatic heterocycles. The van der Waals surface area contributed by atoms with Crippen molar-refractivity contribution >= 4 is 0 Å². The predicted molar refractivity (Wildman–Crippen MR) is 78.2 cm³/mol. The third-order valence-electron chi connectivity index (χ3n) is 4.21. The number of aromatic nitrogens is 1. The molecule has 0 saturated heterocycles. The van der Waals surface area contributed by atoms with E-state index >= 15 is 0 Å². The summed E-state index contributed by atoms with van der Waals surface area (Å²) in [6, 6.07) is 2.59. The van der Waals surface area contributed by atoms with Crippen LogP contribution in [0, 0.1) is 6.92 Å². The number of pyridine rings is 1. The second-order valence-electron chi connectivity index (χ2n) is 5.75. The van der Waals surface area contributed by atoms with Crippen molar-refractivity contribution in [2.24, 2.45) is 0 Å². The molecule has 0 radical (unpaired) electrons. The van der Waals surface area contributed by atoms with Crippen LogP contribution < -0.4 is 5.32 Å². The molecule has 3 nitrogen and oxygen atoms in total. The Morgan fingerprint density at radius 1 is 1.42 bits per heavy atom. The average molecular weight is 262 g/mol. The molecule has 19 heavy (non-hydrogen) atoms. The van der Waals surface area contributed by atoms with Crippen molar-refractivity contribution in [2.45, 2.75) is 57.6 Å². The van der Waals surface area contributed by atoms with Crippen LogP contribution in [-0.4, -0.2) is 24.2 Å². The van der Waals surface area contributed by atoms with E-state index in [0.717, 1.165) is 19.4 Å². The van der Waals surface area contributed by atoms with Gasteiger partial charge in [-0.1, -0.05) is 13.0 Å². The molecule has 0 aromatic carbocycles. The van der Waals surface area contributed by atoms with Crippen molar-refractivity contribution in [2.75, 3.05) is 13.7 Å². The summed E-state index contributed by atoms with van der Waals surface area (Å²) in [5.74, 6) is 0. The van der Waals surface area contributed by atoms with Crippen LogP contribution in [0.15, 0.2) is 18.5 Å². The quantitative estimate of drug-likeness (QED) is 0.818. The molecule has 1 fully saturated rings. The summed E-state index contributed by atoms with van der Waals surface area (Å²) in [5.41, 5.74) is 2.60. The molecule has 0 bridgehead atoms. The van der Waals surface area contributed by atoms with Crippen LogP contribution in [0.1, 0.15) is 56.2 Å². The second-order valence-corrected chi connectivity index (χ2v) is 5.75. The zero-order valence-electron chi connectivity index (χ0n) is 12.4. The molecule has 1 aliphatic carbocycles. The van der Waals surface area contributed by atoms with Crippen LogP contribution in [-0.2, 0) is 4.74 Å². The molecule has 1 aliphatic rings. The molecule has 2 rings (SSSR count). The van der Waals surface area contributed by atoms with E-state index in [9.17, 15) is 0 Å².